The summed E-state index contributed by atoms with van der Waals surface area (Å²) in [5, 5.41) is 2.13. The molecule has 1 aromatic carbocycles. The summed E-state index contributed by atoms with van der Waals surface area (Å²) in [4.78, 5) is 11.5. The minimum absolute atomic E-state index is 0.162. The molecule has 9 heteroatoms. The van der Waals surface area contributed by atoms with Gasteiger partial charge in [-0.25, -0.2) is 8.42 Å². The molecule has 0 saturated carbocycles. The van der Waals surface area contributed by atoms with E-state index < -0.39 is 27.3 Å². The van der Waals surface area contributed by atoms with Crippen molar-refractivity contribution in [1.82, 2.24) is 5.32 Å². The standard InChI is InChI=1S/C14H20N2O6S/c1-20-12-5-4-9(6-13(12)21-2)16-23(18,19)10-7-11(15-8-10)14(17)22-3/h4-6,10-11,15-16H,7-8H2,1-3H3. The van der Waals surface area contributed by atoms with Gasteiger partial charge in [0.05, 0.1) is 32.3 Å². The van der Waals surface area contributed by atoms with Crippen LogP contribution in [0.1, 0.15) is 6.42 Å². The van der Waals surface area contributed by atoms with E-state index in [1.165, 1.54) is 27.4 Å². The normalized spacial score (nSPS) is 20.8. The first-order valence-corrected chi connectivity index (χ1v) is 8.50. The Hall–Kier alpha value is -2.00. The van der Waals surface area contributed by atoms with Crippen LogP contribution in [-0.2, 0) is 19.6 Å². The molecule has 0 aromatic heterocycles. The Morgan fingerprint density at radius 3 is 2.52 bits per heavy atom. The Labute approximate surface area is 135 Å². The van der Waals surface area contributed by atoms with Gasteiger partial charge in [-0.1, -0.05) is 0 Å². The van der Waals surface area contributed by atoms with Crippen molar-refractivity contribution in [2.45, 2.75) is 17.7 Å². The Kier molecular flexibility index (Phi) is 5.32. The topological polar surface area (TPSA) is 103 Å². The van der Waals surface area contributed by atoms with Crippen LogP contribution in [0.2, 0.25) is 0 Å². The van der Waals surface area contributed by atoms with E-state index in [0.29, 0.717) is 17.2 Å². The predicted octanol–water partition coefficient (Wildman–Crippen LogP) is 0.349. The van der Waals surface area contributed by atoms with E-state index in [4.69, 9.17) is 9.47 Å². The van der Waals surface area contributed by atoms with Gasteiger partial charge in [0, 0.05) is 12.6 Å². The highest BCUT2D eigenvalue weighted by Gasteiger charge is 2.37. The Bertz CT molecular complexity index is 676. The van der Waals surface area contributed by atoms with Crippen molar-refractivity contribution in [3.8, 4) is 11.5 Å². The van der Waals surface area contributed by atoms with E-state index in [-0.39, 0.29) is 13.0 Å². The van der Waals surface area contributed by atoms with Crippen molar-refractivity contribution in [2.75, 3.05) is 32.6 Å². The van der Waals surface area contributed by atoms with E-state index in [0.717, 1.165) is 0 Å². The molecule has 1 aliphatic rings. The fourth-order valence-electron chi connectivity index (χ4n) is 2.41. The second-order valence-corrected chi connectivity index (χ2v) is 7.02. The summed E-state index contributed by atoms with van der Waals surface area (Å²) in [6.07, 6.45) is 0.162. The van der Waals surface area contributed by atoms with Gasteiger partial charge in [0.15, 0.2) is 11.5 Å². The van der Waals surface area contributed by atoms with Crippen molar-refractivity contribution >= 4 is 21.7 Å². The molecule has 8 nitrogen and oxygen atoms in total. The first-order valence-electron chi connectivity index (χ1n) is 6.96. The smallest absolute Gasteiger partial charge is 0.322 e. The van der Waals surface area contributed by atoms with E-state index in [2.05, 4.69) is 14.8 Å². The van der Waals surface area contributed by atoms with Crippen molar-refractivity contribution in [3.63, 3.8) is 0 Å². The van der Waals surface area contributed by atoms with Gasteiger partial charge in [-0.2, -0.15) is 0 Å². The van der Waals surface area contributed by atoms with Gasteiger partial charge < -0.3 is 19.5 Å². The highest BCUT2D eigenvalue weighted by Crippen LogP contribution is 2.30. The number of rotatable bonds is 6. The fraction of sp³-hybridized carbons (Fsp3) is 0.500. The Morgan fingerprint density at radius 1 is 1.22 bits per heavy atom. The zero-order valence-corrected chi connectivity index (χ0v) is 14.0. The zero-order valence-electron chi connectivity index (χ0n) is 13.2. The van der Waals surface area contributed by atoms with Gasteiger partial charge in [-0.3, -0.25) is 9.52 Å². The van der Waals surface area contributed by atoms with Crippen LogP contribution in [0.5, 0.6) is 11.5 Å². The van der Waals surface area contributed by atoms with E-state index >= 15 is 0 Å². The van der Waals surface area contributed by atoms with Crippen molar-refractivity contribution in [2.24, 2.45) is 0 Å². The largest absolute Gasteiger partial charge is 0.493 e. The first kappa shape index (κ1) is 17.4. The minimum atomic E-state index is -3.65. The minimum Gasteiger partial charge on any atom is -0.493 e. The maximum absolute atomic E-state index is 12.4. The highest BCUT2D eigenvalue weighted by atomic mass is 32.2. The van der Waals surface area contributed by atoms with E-state index in [9.17, 15) is 13.2 Å². The van der Waals surface area contributed by atoms with E-state index in [1.807, 2.05) is 0 Å². The van der Waals surface area contributed by atoms with Crippen molar-refractivity contribution < 1.29 is 27.4 Å². The van der Waals surface area contributed by atoms with Gasteiger partial charge in [-0.15, -0.1) is 0 Å². The average molecular weight is 344 g/mol. The fourth-order valence-corrected chi connectivity index (χ4v) is 3.79. The van der Waals surface area contributed by atoms with Gasteiger partial charge in [0.25, 0.3) is 0 Å². The molecule has 2 N–H and O–H groups in total. The number of methoxy groups -OCH3 is 3. The second kappa shape index (κ2) is 7.05. The lowest BCUT2D eigenvalue weighted by Gasteiger charge is -2.15. The van der Waals surface area contributed by atoms with Crippen LogP contribution in [-0.4, -0.2) is 53.6 Å². The van der Waals surface area contributed by atoms with Gasteiger partial charge >= 0.3 is 5.97 Å². The van der Waals surface area contributed by atoms with Gasteiger partial charge in [0.2, 0.25) is 10.0 Å². The average Bonchev–Trinajstić information content (AvgIpc) is 3.04. The molecular weight excluding hydrogens is 324 g/mol. The summed E-state index contributed by atoms with van der Waals surface area (Å²) in [5.74, 6) is 0.460. The Morgan fingerprint density at radius 2 is 1.91 bits per heavy atom. The summed E-state index contributed by atoms with van der Waals surface area (Å²) in [5.41, 5.74) is 0.365. The summed E-state index contributed by atoms with van der Waals surface area (Å²) < 4.78 is 42.3. The molecule has 0 spiro atoms. The van der Waals surface area contributed by atoms with Crippen molar-refractivity contribution in [1.29, 1.82) is 0 Å². The van der Waals surface area contributed by atoms with E-state index in [1.54, 1.807) is 12.1 Å². The van der Waals surface area contributed by atoms with Crippen LogP contribution in [0.3, 0.4) is 0 Å². The first-order chi connectivity index (χ1) is 10.9. The highest BCUT2D eigenvalue weighted by molar-refractivity contribution is 7.93. The maximum atomic E-state index is 12.4. The quantitative estimate of drug-likeness (QED) is 0.718. The summed E-state index contributed by atoms with van der Waals surface area (Å²) in [7, 11) is 0.592. The van der Waals surface area contributed by atoms with Gasteiger partial charge in [0.1, 0.15) is 6.04 Å². The number of nitrogens with one attached hydrogen (secondary N) is 2. The van der Waals surface area contributed by atoms with Crippen LogP contribution >= 0.6 is 0 Å². The lowest BCUT2D eigenvalue weighted by Crippen LogP contribution is -2.31. The van der Waals surface area contributed by atoms with Crippen LogP contribution in [0.25, 0.3) is 0 Å². The molecule has 2 atom stereocenters. The third kappa shape index (κ3) is 3.85. The zero-order chi connectivity index (χ0) is 17.0. The SMILES string of the molecule is COC(=O)C1CC(S(=O)(=O)Nc2ccc(OC)c(OC)c2)CN1. The molecule has 1 saturated heterocycles. The molecule has 1 aliphatic heterocycles. The second-order valence-electron chi connectivity index (χ2n) is 5.06. The molecule has 2 unspecified atom stereocenters. The molecule has 0 amide bonds. The summed E-state index contributed by atoms with van der Waals surface area (Å²) in [6.45, 7) is 0.183. The molecule has 128 valence electrons. The molecular formula is C14H20N2O6S. The monoisotopic (exact) mass is 344 g/mol. The number of benzene rings is 1. The molecule has 0 radical (unpaired) electrons. The molecule has 0 bridgehead atoms. The number of carbonyl (C=O) groups is 1. The molecule has 1 heterocycles. The number of carbonyl (C=O) groups excluding carboxylic acids is 1. The third-order valence-electron chi connectivity index (χ3n) is 3.66. The number of hydrogen-bond donors (Lipinski definition) is 2. The molecule has 1 aromatic rings. The number of sulfonamides is 1. The summed E-state index contributed by atoms with van der Waals surface area (Å²) in [6, 6.07) is 4.13. The molecule has 23 heavy (non-hydrogen) atoms. The number of hydrogen-bond acceptors (Lipinski definition) is 7. The third-order valence-corrected chi connectivity index (χ3v) is 5.42. The lowest BCUT2D eigenvalue weighted by molar-refractivity contribution is -0.142. The molecule has 2 rings (SSSR count). The van der Waals surface area contributed by atoms with Gasteiger partial charge in [-0.05, 0) is 18.6 Å². The number of anilines is 1. The van der Waals surface area contributed by atoms with Crippen LogP contribution < -0.4 is 19.5 Å². The maximum Gasteiger partial charge on any atom is 0.322 e. The van der Waals surface area contributed by atoms with Crippen LogP contribution in [0.15, 0.2) is 18.2 Å². The molecule has 1 fully saturated rings. The summed E-state index contributed by atoms with van der Waals surface area (Å²) >= 11 is 0. The predicted molar refractivity (Wildman–Crippen MR) is 84.3 cm³/mol. The number of esters is 1. The lowest BCUT2D eigenvalue weighted by atomic mass is 10.2. The Balaban J connectivity index is 2.11. The number of ether oxygens (including phenoxy) is 3. The van der Waals surface area contributed by atoms with Crippen LogP contribution in [0, 0.1) is 0 Å². The molecule has 0 aliphatic carbocycles. The van der Waals surface area contributed by atoms with Crippen LogP contribution in [0.4, 0.5) is 5.69 Å². The van der Waals surface area contributed by atoms with Crippen molar-refractivity contribution in [3.05, 3.63) is 18.2 Å².